The van der Waals surface area contributed by atoms with Crippen LogP contribution in [-0.4, -0.2) is 43.4 Å². The van der Waals surface area contributed by atoms with Crippen LogP contribution >= 0.6 is 0 Å². The smallest absolute Gasteiger partial charge is 1.00 e. The molecule has 1 atom stereocenters. The standard InChI is InChI=1S/C11H14O2.Mg.2H/c1-12-11-4-2-9(3-5-11)10-6-7-13-8-10;;;/h2-5,10H,6-8H2,1H3;;;/q;+2;2*-1. The monoisotopic (exact) mass is 204 g/mol. The van der Waals surface area contributed by atoms with Gasteiger partial charge < -0.3 is 12.3 Å². The fraction of sp³-hybridized carbons (Fsp3) is 0.455. The van der Waals surface area contributed by atoms with Gasteiger partial charge in [0.25, 0.3) is 0 Å². The summed E-state index contributed by atoms with van der Waals surface area (Å²) in [5.41, 5.74) is 1.36. The first-order valence-electron chi connectivity index (χ1n) is 4.62. The van der Waals surface area contributed by atoms with Gasteiger partial charge in [0.2, 0.25) is 0 Å². The molecule has 0 spiro atoms. The molecule has 1 aromatic rings. The second-order valence-electron chi connectivity index (χ2n) is 3.33. The molecule has 1 fully saturated rings. The summed E-state index contributed by atoms with van der Waals surface area (Å²) >= 11 is 0. The first-order chi connectivity index (χ1) is 6.40. The Labute approximate surface area is 104 Å². The number of ether oxygens (including phenoxy) is 2. The van der Waals surface area contributed by atoms with Gasteiger partial charge in [-0.3, -0.25) is 0 Å². The molecular formula is C11H16MgO2. The van der Waals surface area contributed by atoms with Crippen LogP contribution in [0.25, 0.3) is 0 Å². The Balaban J connectivity index is 0. The molecule has 0 radical (unpaired) electrons. The largest absolute Gasteiger partial charge is 2.00 e. The average Bonchev–Trinajstić information content (AvgIpc) is 2.71. The zero-order valence-electron chi connectivity index (χ0n) is 10.5. The maximum absolute atomic E-state index is 5.34. The van der Waals surface area contributed by atoms with Gasteiger partial charge in [-0.1, -0.05) is 12.1 Å². The third kappa shape index (κ3) is 2.62. The van der Waals surface area contributed by atoms with Crippen molar-refractivity contribution in [3.8, 4) is 5.75 Å². The molecule has 0 saturated carbocycles. The molecule has 14 heavy (non-hydrogen) atoms. The van der Waals surface area contributed by atoms with Crippen molar-refractivity contribution >= 4 is 23.1 Å². The SMILES string of the molecule is COc1ccc(C2CCOC2)cc1.[H-].[H-].[Mg+2]. The Morgan fingerprint density at radius 3 is 2.57 bits per heavy atom. The predicted octanol–water partition coefficient (Wildman–Crippen LogP) is 2.04. The number of hydrogen-bond acceptors (Lipinski definition) is 2. The summed E-state index contributed by atoms with van der Waals surface area (Å²) < 4.78 is 10.4. The second-order valence-corrected chi connectivity index (χ2v) is 3.33. The summed E-state index contributed by atoms with van der Waals surface area (Å²) in [4.78, 5) is 0. The molecule has 0 bridgehead atoms. The molecule has 1 aliphatic heterocycles. The molecule has 1 aliphatic rings. The van der Waals surface area contributed by atoms with E-state index in [4.69, 9.17) is 9.47 Å². The van der Waals surface area contributed by atoms with E-state index < -0.39 is 0 Å². The predicted molar refractivity (Wildman–Crippen MR) is 59.1 cm³/mol. The summed E-state index contributed by atoms with van der Waals surface area (Å²) in [6.45, 7) is 1.77. The van der Waals surface area contributed by atoms with Gasteiger partial charge in [0.1, 0.15) is 5.75 Å². The Morgan fingerprint density at radius 1 is 1.36 bits per heavy atom. The van der Waals surface area contributed by atoms with Crippen molar-refractivity contribution in [1.29, 1.82) is 0 Å². The van der Waals surface area contributed by atoms with Crippen molar-refractivity contribution in [2.75, 3.05) is 20.3 Å². The molecule has 74 valence electrons. The van der Waals surface area contributed by atoms with Gasteiger partial charge in [-0.2, -0.15) is 0 Å². The maximum Gasteiger partial charge on any atom is 2.00 e. The van der Waals surface area contributed by atoms with Crippen molar-refractivity contribution in [3.05, 3.63) is 29.8 Å². The van der Waals surface area contributed by atoms with Gasteiger partial charge in [0, 0.05) is 12.5 Å². The molecule has 2 nitrogen and oxygen atoms in total. The zero-order chi connectivity index (χ0) is 9.10. The Morgan fingerprint density at radius 2 is 2.07 bits per heavy atom. The van der Waals surface area contributed by atoms with Crippen LogP contribution in [0.2, 0.25) is 0 Å². The summed E-state index contributed by atoms with van der Waals surface area (Å²) in [5, 5.41) is 0. The fourth-order valence-corrected chi connectivity index (χ4v) is 1.67. The van der Waals surface area contributed by atoms with Crippen LogP contribution in [0.15, 0.2) is 24.3 Å². The van der Waals surface area contributed by atoms with E-state index in [2.05, 4.69) is 12.1 Å². The molecule has 0 N–H and O–H groups in total. The third-order valence-corrected chi connectivity index (χ3v) is 2.52. The van der Waals surface area contributed by atoms with E-state index >= 15 is 0 Å². The van der Waals surface area contributed by atoms with Gasteiger partial charge >= 0.3 is 23.1 Å². The van der Waals surface area contributed by atoms with E-state index in [0.717, 1.165) is 25.4 Å². The molecule has 1 saturated heterocycles. The molecule has 1 aromatic carbocycles. The summed E-state index contributed by atoms with van der Waals surface area (Å²) in [7, 11) is 1.69. The normalized spacial score (nSPS) is 20.2. The van der Waals surface area contributed by atoms with Crippen molar-refractivity contribution in [1.82, 2.24) is 0 Å². The van der Waals surface area contributed by atoms with Crippen LogP contribution in [-0.2, 0) is 4.74 Å². The number of rotatable bonds is 2. The Kier molecular flexibility index (Phi) is 4.71. The summed E-state index contributed by atoms with van der Waals surface area (Å²) in [5.74, 6) is 1.51. The molecule has 0 amide bonds. The van der Waals surface area contributed by atoms with Crippen LogP contribution in [0, 0.1) is 0 Å². The average molecular weight is 205 g/mol. The minimum absolute atomic E-state index is 0. The first-order valence-corrected chi connectivity index (χ1v) is 4.62. The van der Waals surface area contributed by atoms with E-state index in [1.165, 1.54) is 5.56 Å². The zero-order valence-corrected chi connectivity index (χ0v) is 9.95. The van der Waals surface area contributed by atoms with Crippen LogP contribution in [0.3, 0.4) is 0 Å². The van der Waals surface area contributed by atoms with Crippen LogP contribution in [0.1, 0.15) is 20.8 Å². The van der Waals surface area contributed by atoms with Gasteiger partial charge in [-0.05, 0) is 24.1 Å². The topological polar surface area (TPSA) is 18.5 Å². The van der Waals surface area contributed by atoms with Crippen LogP contribution in [0.4, 0.5) is 0 Å². The third-order valence-electron chi connectivity index (χ3n) is 2.52. The van der Waals surface area contributed by atoms with Crippen molar-refractivity contribution in [2.24, 2.45) is 0 Å². The van der Waals surface area contributed by atoms with E-state index in [1.54, 1.807) is 7.11 Å². The Bertz CT molecular complexity index is 274. The summed E-state index contributed by atoms with van der Waals surface area (Å²) in [6, 6.07) is 8.26. The molecule has 1 unspecified atom stereocenters. The quantitative estimate of drug-likeness (QED) is 0.687. The molecule has 2 rings (SSSR count). The van der Waals surface area contributed by atoms with E-state index in [1.807, 2.05) is 12.1 Å². The van der Waals surface area contributed by atoms with E-state index in [0.29, 0.717) is 5.92 Å². The van der Waals surface area contributed by atoms with Gasteiger partial charge in [-0.15, -0.1) is 0 Å². The van der Waals surface area contributed by atoms with Gasteiger partial charge in [0.15, 0.2) is 0 Å². The molecule has 1 heterocycles. The number of hydrogen-bond donors (Lipinski definition) is 0. The van der Waals surface area contributed by atoms with Crippen molar-refractivity contribution in [3.63, 3.8) is 0 Å². The maximum atomic E-state index is 5.34. The minimum Gasteiger partial charge on any atom is -1.00 e. The van der Waals surface area contributed by atoms with E-state index in [9.17, 15) is 0 Å². The van der Waals surface area contributed by atoms with E-state index in [-0.39, 0.29) is 25.9 Å². The fourth-order valence-electron chi connectivity index (χ4n) is 1.67. The first kappa shape index (κ1) is 11.8. The number of benzene rings is 1. The summed E-state index contributed by atoms with van der Waals surface area (Å²) in [6.07, 6.45) is 1.15. The number of methoxy groups -OCH3 is 1. The molecular weight excluding hydrogens is 188 g/mol. The minimum atomic E-state index is 0. The Hall–Kier alpha value is -0.254. The molecule has 0 aliphatic carbocycles. The van der Waals surface area contributed by atoms with Crippen molar-refractivity contribution in [2.45, 2.75) is 12.3 Å². The van der Waals surface area contributed by atoms with Crippen LogP contribution < -0.4 is 4.74 Å². The van der Waals surface area contributed by atoms with Crippen LogP contribution in [0.5, 0.6) is 5.75 Å². The molecule has 0 aromatic heterocycles. The van der Waals surface area contributed by atoms with Gasteiger partial charge in [-0.25, -0.2) is 0 Å². The second kappa shape index (κ2) is 5.58. The molecule has 3 heteroatoms. The van der Waals surface area contributed by atoms with Gasteiger partial charge in [0.05, 0.1) is 13.7 Å². The van der Waals surface area contributed by atoms with Crippen molar-refractivity contribution < 1.29 is 12.3 Å².